The highest BCUT2D eigenvalue weighted by Crippen LogP contribution is 2.08. The molecule has 8 heavy (non-hydrogen) atoms. The number of ether oxygens (including phenoxy) is 3. The zero-order chi connectivity index (χ0) is 10.3. The molecule has 0 saturated heterocycles. The van der Waals surface area contributed by atoms with Crippen molar-refractivity contribution in [3.63, 3.8) is 0 Å². The summed E-state index contributed by atoms with van der Waals surface area (Å²) in [5.74, 6) is -2.08. The van der Waals surface area contributed by atoms with Crippen LogP contribution in [-0.2, 0) is 14.2 Å². The first-order valence-electron chi connectivity index (χ1n) is 5.04. The van der Waals surface area contributed by atoms with Crippen molar-refractivity contribution in [2.45, 2.75) is 12.8 Å². The minimum Gasteiger partial charge on any atom is -0.331 e. The first-order valence-corrected chi connectivity index (χ1v) is 1.77. The van der Waals surface area contributed by atoms with Crippen LogP contribution in [0.2, 0.25) is 0 Å². The maximum absolute atomic E-state index is 7.03. The van der Waals surface area contributed by atoms with Crippen LogP contribution >= 0.6 is 0 Å². The quantitative estimate of drug-likeness (QED) is 0.517. The molecule has 0 aliphatic heterocycles. The van der Waals surface area contributed by atoms with E-state index in [0.29, 0.717) is 0 Å². The maximum atomic E-state index is 7.03. The Morgan fingerprint density at radius 2 is 1.62 bits per heavy atom. The molecule has 0 atom stereocenters. The van der Waals surface area contributed by atoms with Crippen molar-refractivity contribution in [2.75, 3.05) is 21.3 Å². The summed E-state index contributed by atoms with van der Waals surface area (Å²) in [6.45, 7) is -1.67. The monoisotopic (exact) mass is 125 g/mol. The Labute approximate surface area is 56.6 Å². The molecule has 0 bridgehead atoms. The van der Waals surface area contributed by atoms with E-state index in [9.17, 15) is 0 Å². The van der Waals surface area contributed by atoms with E-state index in [1.54, 1.807) is 0 Å². The first kappa shape index (κ1) is 2.64. The van der Waals surface area contributed by atoms with Gasteiger partial charge in [-0.3, -0.25) is 0 Å². The van der Waals surface area contributed by atoms with Gasteiger partial charge in [0.25, 0.3) is 5.97 Å². The summed E-state index contributed by atoms with van der Waals surface area (Å²) in [5.41, 5.74) is 0. The standard InChI is InChI=1S/C5H12O3/c1-5(6-2,7-3)8-4/h1-4H3/i1D2,2D,3D,4D. The second-order valence-corrected chi connectivity index (χ2v) is 1.04. The van der Waals surface area contributed by atoms with Crippen LogP contribution in [0.4, 0.5) is 0 Å². The van der Waals surface area contributed by atoms with Crippen molar-refractivity contribution < 1.29 is 21.1 Å². The van der Waals surface area contributed by atoms with Crippen LogP contribution in [0, 0.1) is 0 Å². The third-order valence-electron chi connectivity index (χ3n) is 0.604. The van der Waals surface area contributed by atoms with Gasteiger partial charge in [0, 0.05) is 30.9 Å². The molecule has 3 nitrogen and oxygen atoms in total. The molecule has 0 spiro atoms. The lowest BCUT2D eigenvalue weighted by Gasteiger charge is -2.23. The number of hydrogen-bond acceptors (Lipinski definition) is 3. The van der Waals surface area contributed by atoms with Crippen LogP contribution in [0.3, 0.4) is 0 Å². The van der Waals surface area contributed by atoms with Crippen LogP contribution < -0.4 is 0 Å². The Morgan fingerprint density at radius 1 is 1.12 bits per heavy atom. The highest BCUT2D eigenvalue weighted by atomic mass is 16.9. The minimum absolute atomic E-state index is 0.561. The molecule has 0 amide bonds. The van der Waals surface area contributed by atoms with Gasteiger partial charge in [0.15, 0.2) is 0 Å². The first-order chi connectivity index (χ1) is 6.13. The molecule has 0 fully saturated rings. The van der Waals surface area contributed by atoms with Gasteiger partial charge in [-0.15, -0.1) is 0 Å². The van der Waals surface area contributed by atoms with Crippen molar-refractivity contribution in [3.05, 3.63) is 0 Å². The summed E-state index contributed by atoms with van der Waals surface area (Å²) in [6, 6.07) is 0. The summed E-state index contributed by atoms with van der Waals surface area (Å²) in [4.78, 5) is 0. The van der Waals surface area contributed by atoms with E-state index >= 15 is 0 Å². The highest BCUT2D eigenvalue weighted by molar-refractivity contribution is 4.38. The van der Waals surface area contributed by atoms with E-state index in [2.05, 4.69) is 14.2 Å². The van der Waals surface area contributed by atoms with Crippen molar-refractivity contribution in [2.24, 2.45) is 0 Å². The van der Waals surface area contributed by atoms with Crippen molar-refractivity contribution in [1.82, 2.24) is 0 Å². The van der Waals surface area contributed by atoms with Gasteiger partial charge >= 0.3 is 0 Å². The number of hydrogen-bond donors (Lipinski definition) is 0. The third kappa shape index (κ3) is 1.78. The van der Waals surface area contributed by atoms with Gasteiger partial charge in [0.05, 0.1) is 4.11 Å². The smallest absolute Gasteiger partial charge is 0.279 e. The molecule has 0 aliphatic carbocycles. The molecule has 0 unspecified atom stereocenters. The van der Waals surface area contributed by atoms with Gasteiger partial charge in [-0.25, -0.2) is 0 Å². The van der Waals surface area contributed by atoms with Gasteiger partial charge in [0.2, 0.25) is 0 Å². The highest BCUT2D eigenvalue weighted by Gasteiger charge is 2.20. The predicted octanol–water partition coefficient (Wildman–Crippen LogP) is 0.599. The summed E-state index contributed by atoms with van der Waals surface area (Å²) in [5, 5.41) is 0. The second-order valence-electron chi connectivity index (χ2n) is 1.04. The SMILES string of the molecule is [2H]COC(OC[2H])(OC[2H])C([2H])[2H]. The van der Waals surface area contributed by atoms with Gasteiger partial charge in [-0.1, -0.05) is 0 Å². The molecule has 0 aliphatic rings. The average Bonchev–Trinajstić information content (AvgIpc) is 2.05. The zero-order valence-electron chi connectivity index (χ0n) is 9.42. The Hall–Kier alpha value is -0.120. The summed E-state index contributed by atoms with van der Waals surface area (Å²) in [6.07, 6.45) is 0. The van der Waals surface area contributed by atoms with Crippen molar-refractivity contribution >= 4 is 0 Å². The molecule has 0 aromatic rings. The molecular weight excluding hydrogens is 108 g/mol. The average molecular weight is 125 g/mol. The molecule has 0 N–H and O–H groups in total. The third-order valence-corrected chi connectivity index (χ3v) is 0.604. The zero-order valence-corrected chi connectivity index (χ0v) is 4.42. The topological polar surface area (TPSA) is 27.7 Å². The lowest BCUT2D eigenvalue weighted by molar-refractivity contribution is -0.340. The molecule has 0 rings (SSSR count). The molecule has 0 aromatic heterocycles. The largest absolute Gasteiger partial charge is 0.331 e. The van der Waals surface area contributed by atoms with E-state index in [1.165, 1.54) is 0 Å². The van der Waals surface area contributed by atoms with Crippen LogP contribution in [0.5, 0.6) is 0 Å². The maximum Gasteiger partial charge on any atom is 0.279 e. The predicted molar refractivity (Wildman–Crippen MR) is 29.4 cm³/mol. The van der Waals surface area contributed by atoms with E-state index in [1.807, 2.05) is 0 Å². The fraction of sp³-hybridized carbons (Fsp3) is 1.00. The molecule has 0 saturated carbocycles. The lowest BCUT2D eigenvalue weighted by atomic mass is 10.6. The number of rotatable bonds is 3. The van der Waals surface area contributed by atoms with Crippen LogP contribution in [-0.4, -0.2) is 27.2 Å². The molecule has 0 radical (unpaired) electrons. The van der Waals surface area contributed by atoms with Gasteiger partial charge < -0.3 is 14.2 Å². The number of methoxy groups -OCH3 is 3. The van der Waals surface area contributed by atoms with Gasteiger partial charge in [-0.2, -0.15) is 0 Å². The van der Waals surface area contributed by atoms with Crippen molar-refractivity contribution in [1.29, 1.82) is 0 Å². The molecule has 0 aromatic carbocycles. The van der Waals surface area contributed by atoms with E-state index in [-0.39, 0.29) is 0 Å². The van der Waals surface area contributed by atoms with Gasteiger partial charge in [-0.05, 0) is 0 Å². The Morgan fingerprint density at radius 3 is 1.88 bits per heavy atom. The Balaban J connectivity index is 4.38. The van der Waals surface area contributed by atoms with Gasteiger partial charge in [0.1, 0.15) is 0 Å². The van der Waals surface area contributed by atoms with Crippen LogP contribution in [0.1, 0.15) is 13.7 Å². The van der Waals surface area contributed by atoms with E-state index in [4.69, 9.17) is 6.85 Å². The Kier molecular flexibility index (Phi) is 0.997. The van der Waals surface area contributed by atoms with Crippen LogP contribution in [0.25, 0.3) is 0 Å². The summed E-state index contributed by atoms with van der Waals surface area (Å²) >= 11 is 0. The molecule has 50 valence electrons. The fourth-order valence-corrected chi connectivity index (χ4v) is 0.125. The minimum atomic E-state index is -2.08. The normalized spacial score (nSPS) is 20.9. The summed E-state index contributed by atoms with van der Waals surface area (Å²) < 4.78 is 48.0. The molecular formula is C5H12O3. The molecule has 3 heteroatoms. The fourth-order valence-electron chi connectivity index (χ4n) is 0.125. The Bertz CT molecular complexity index is 116. The lowest BCUT2D eigenvalue weighted by Crippen LogP contribution is -2.31. The van der Waals surface area contributed by atoms with Crippen LogP contribution in [0.15, 0.2) is 0 Å². The van der Waals surface area contributed by atoms with E-state index in [0.717, 1.165) is 0 Å². The van der Waals surface area contributed by atoms with E-state index < -0.39 is 34.1 Å². The summed E-state index contributed by atoms with van der Waals surface area (Å²) in [7, 11) is -1.68. The molecule has 0 heterocycles. The second kappa shape index (κ2) is 3.02. The van der Waals surface area contributed by atoms with Crippen molar-refractivity contribution in [3.8, 4) is 0 Å².